The molecule has 1 heterocycles. The van der Waals surface area contributed by atoms with Gasteiger partial charge in [-0.2, -0.15) is 0 Å². The summed E-state index contributed by atoms with van der Waals surface area (Å²) in [5.41, 5.74) is 0. The lowest BCUT2D eigenvalue weighted by Gasteiger charge is -2.31. The van der Waals surface area contributed by atoms with Crippen LogP contribution in [0.15, 0.2) is 0 Å². The fourth-order valence-corrected chi connectivity index (χ4v) is 3.52. The molecule has 1 saturated heterocycles. The first-order valence-electron chi connectivity index (χ1n) is 7.85. The molecule has 0 radical (unpaired) electrons. The average molecular weight is 267 g/mol. The zero-order chi connectivity index (χ0) is 13.7. The fourth-order valence-electron chi connectivity index (χ4n) is 3.52. The van der Waals surface area contributed by atoms with Gasteiger partial charge in [-0.15, -0.1) is 0 Å². The van der Waals surface area contributed by atoms with Gasteiger partial charge in [-0.1, -0.05) is 25.7 Å². The Labute approximate surface area is 117 Å². The highest BCUT2D eigenvalue weighted by Crippen LogP contribution is 2.23. The third-order valence-electron chi connectivity index (χ3n) is 4.71. The SMILES string of the molecule is CNC(=O)[C@@H]1CN(C)CCN(C2CCCCCC2)C1. The molecule has 1 aliphatic heterocycles. The summed E-state index contributed by atoms with van der Waals surface area (Å²) in [5, 5.41) is 2.83. The van der Waals surface area contributed by atoms with E-state index < -0.39 is 0 Å². The summed E-state index contributed by atoms with van der Waals surface area (Å²) in [6, 6.07) is 0.709. The van der Waals surface area contributed by atoms with Crippen molar-refractivity contribution in [3.05, 3.63) is 0 Å². The molecule has 1 saturated carbocycles. The molecule has 1 atom stereocenters. The van der Waals surface area contributed by atoms with Crippen LogP contribution in [0.25, 0.3) is 0 Å². The normalized spacial score (nSPS) is 28.6. The molecule has 0 aromatic heterocycles. The van der Waals surface area contributed by atoms with Crippen LogP contribution in [-0.2, 0) is 4.79 Å². The lowest BCUT2D eigenvalue weighted by atomic mass is 10.0. The first-order valence-corrected chi connectivity index (χ1v) is 7.85. The van der Waals surface area contributed by atoms with Crippen molar-refractivity contribution in [2.24, 2.45) is 5.92 Å². The van der Waals surface area contributed by atoms with E-state index in [1.165, 1.54) is 38.5 Å². The molecule has 0 spiro atoms. The molecule has 2 aliphatic rings. The third-order valence-corrected chi connectivity index (χ3v) is 4.71. The molecule has 1 aliphatic carbocycles. The Kier molecular flexibility index (Phi) is 5.64. The highest BCUT2D eigenvalue weighted by Gasteiger charge is 2.29. The molecule has 110 valence electrons. The predicted octanol–water partition coefficient (Wildman–Crippen LogP) is 1.32. The second-order valence-corrected chi connectivity index (χ2v) is 6.21. The zero-order valence-corrected chi connectivity index (χ0v) is 12.5. The van der Waals surface area contributed by atoms with E-state index >= 15 is 0 Å². The van der Waals surface area contributed by atoms with Gasteiger partial charge in [-0.05, 0) is 19.9 Å². The standard InChI is InChI=1S/C15H29N3O/c1-16-15(19)13-11-17(2)9-10-18(12-13)14-7-5-3-4-6-8-14/h13-14H,3-12H2,1-2H3,(H,16,19)/t13-/m1/s1. The van der Waals surface area contributed by atoms with E-state index in [1.807, 2.05) is 0 Å². The minimum absolute atomic E-state index is 0.126. The van der Waals surface area contributed by atoms with Crippen LogP contribution in [0.5, 0.6) is 0 Å². The van der Waals surface area contributed by atoms with Gasteiger partial charge in [-0.25, -0.2) is 0 Å². The zero-order valence-electron chi connectivity index (χ0n) is 12.5. The molecular weight excluding hydrogens is 238 g/mol. The minimum atomic E-state index is 0.126. The highest BCUT2D eigenvalue weighted by atomic mass is 16.1. The van der Waals surface area contributed by atoms with Crippen molar-refractivity contribution < 1.29 is 4.79 Å². The number of carbonyl (C=O) groups excluding carboxylic acids is 1. The van der Waals surface area contributed by atoms with Gasteiger partial charge in [0.25, 0.3) is 0 Å². The van der Waals surface area contributed by atoms with E-state index in [-0.39, 0.29) is 11.8 Å². The molecule has 2 rings (SSSR count). The van der Waals surface area contributed by atoms with Crippen LogP contribution in [0.2, 0.25) is 0 Å². The molecular formula is C15H29N3O. The summed E-state index contributed by atoms with van der Waals surface area (Å²) in [5.74, 6) is 0.327. The summed E-state index contributed by atoms with van der Waals surface area (Å²) >= 11 is 0. The molecule has 1 amide bonds. The van der Waals surface area contributed by atoms with Crippen molar-refractivity contribution in [2.75, 3.05) is 40.3 Å². The Balaban J connectivity index is 2.00. The van der Waals surface area contributed by atoms with Gasteiger partial charge in [0.05, 0.1) is 5.92 Å². The molecule has 0 aromatic rings. The third kappa shape index (κ3) is 4.18. The quantitative estimate of drug-likeness (QED) is 0.767. The first-order chi connectivity index (χ1) is 9.20. The maximum absolute atomic E-state index is 12.0. The largest absolute Gasteiger partial charge is 0.359 e. The van der Waals surface area contributed by atoms with E-state index in [0.717, 1.165) is 26.2 Å². The Morgan fingerprint density at radius 1 is 1.05 bits per heavy atom. The first kappa shape index (κ1) is 14.8. The van der Waals surface area contributed by atoms with E-state index in [4.69, 9.17) is 0 Å². The number of nitrogens with one attached hydrogen (secondary N) is 1. The molecule has 2 fully saturated rings. The Morgan fingerprint density at radius 3 is 2.37 bits per heavy atom. The Hall–Kier alpha value is -0.610. The summed E-state index contributed by atoms with van der Waals surface area (Å²) in [6.45, 7) is 4.04. The number of rotatable bonds is 2. The van der Waals surface area contributed by atoms with E-state index in [1.54, 1.807) is 7.05 Å². The summed E-state index contributed by atoms with van der Waals surface area (Å²) in [7, 11) is 3.88. The smallest absolute Gasteiger partial charge is 0.225 e. The van der Waals surface area contributed by atoms with Crippen molar-refractivity contribution in [3.63, 3.8) is 0 Å². The highest BCUT2D eigenvalue weighted by molar-refractivity contribution is 5.78. The van der Waals surface area contributed by atoms with Gasteiger partial charge < -0.3 is 10.2 Å². The second kappa shape index (κ2) is 7.25. The maximum Gasteiger partial charge on any atom is 0.225 e. The van der Waals surface area contributed by atoms with Crippen LogP contribution < -0.4 is 5.32 Å². The van der Waals surface area contributed by atoms with E-state index in [9.17, 15) is 4.79 Å². The number of likely N-dealkylation sites (N-methyl/N-ethyl adjacent to an activating group) is 1. The summed E-state index contributed by atoms with van der Waals surface area (Å²) in [6.07, 6.45) is 8.16. The monoisotopic (exact) mass is 267 g/mol. The van der Waals surface area contributed by atoms with Crippen molar-refractivity contribution >= 4 is 5.91 Å². The Bertz CT molecular complexity index is 287. The van der Waals surface area contributed by atoms with Crippen LogP contribution in [-0.4, -0.2) is 62.0 Å². The predicted molar refractivity (Wildman–Crippen MR) is 78.1 cm³/mol. The number of hydrogen-bond acceptors (Lipinski definition) is 3. The maximum atomic E-state index is 12.0. The lowest BCUT2D eigenvalue weighted by molar-refractivity contribution is -0.125. The summed E-state index contributed by atoms with van der Waals surface area (Å²) in [4.78, 5) is 16.9. The lowest BCUT2D eigenvalue weighted by Crippen LogP contribution is -2.43. The molecule has 0 unspecified atom stereocenters. The van der Waals surface area contributed by atoms with E-state index in [0.29, 0.717) is 6.04 Å². The van der Waals surface area contributed by atoms with Gasteiger partial charge in [0.1, 0.15) is 0 Å². The van der Waals surface area contributed by atoms with Crippen LogP contribution >= 0.6 is 0 Å². The average Bonchev–Trinajstić information content (AvgIpc) is 2.78. The van der Waals surface area contributed by atoms with Crippen molar-refractivity contribution in [1.82, 2.24) is 15.1 Å². The second-order valence-electron chi connectivity index (χ2n) is 6.21. The number of carbonyl (C=O) groups is 1. The molecule has 0 aromatic carbocycles. The van der Waals surface area contributed by atoms with Crippen LogP contribution in [0, 0.1) is 5.92 Å². The van der Waals surface area contributed by atoms with Gasteiger partial charge >= 0.3 is 0 Å². The fraction of sp³-hybridized carbons (Fsp3) is 0.933. The van der Waals surface area contributed by atoms with Crippen molar-refractivity contribution in [2.45, 2.75) is 44.6 Å². The van der Waals surface area contributed by atoms with Gasteiger partial charge in [0, 0.05) is 39.3 Å². The minimum Gasteiger partial charge on any atom is -0.359 e. The van der Waals surface area contributed by atoms with Crippen molar-refractivity contribution in [3.8, 4) is 0 Å². The van der Waals surface area contributed by atoms with Crippen molar-refractivity contribution in [1.29, 1.82) is 0 Å². The van der Waals surface area contributed by atoms with Crippen LogP contribution in [0.1, 0.15) is 38.5 Å². The topological polar surface area (TPSA) is 35.6 Å². The van der Waals surface area contributed by atoms with E-state index in [2.05, 4.69) is 22.2 Å². The molecule has 4 nitrogen and oxygen atoms in total. The molecule has 19 heavy (non-hydrogen) atoms. The number of hydrogen-bond donors (Lipinski definition) is 1. The number of nitrogens with zero attached hydrogens (tertiary/aromatic N) is 2. The van der Waals surface area contributed by atoms with Gasteiger partial charge in [0.15, 0.2) is 0 Å². The Morgan fingerprint density at radius 2 is 1.74 bits per heavy atom. The number of amides is 1. The van der Waals surface area contributed by atoms with Crippen LogP contribution in [0.3, 0.4) is 0 Å². The molecule has 4 heteroatoms. The van der Waals surface area contributed by atoms with Crippen LogP contribution in [0.4, 0.5) is 0 Å². The molecule has 0 bridgehead atoms. The van der Waals surface area contributed by atoms with Gasteiger partial charge in [0.2, 0.25) is 5.91 Å². The van der Waals surface area contributed by atoms with Gasteiger partial charge in [-0.3, -0.25) is 9.69 Å². The molecule has 1 N–H and O–H groups in total. The summed E-state index contributed by atoms with van der Waals surface area (Å²) < 4.78 is 0.